The van der Waals surface area contributed by atoms with Crippen LogP contribution in [0, 0.1) is 11.8 Å². The minimum Gasteiger partial charge on any atom is -0.386 e. The lowest BCUT2D eigenvalue weighted by Crippen LogP contribution is -2.22. The Morgan fingerprint density at radius 1 is 1.44 bits per heavy atom. The highest BCUT2D eigenvalue weighted by atomic mass is 79.9. The van der Waals surface area contributed by atoms with Gasteiger partial charge in [0.05, 0.1) is 11.8 Å². The second-order valence-electron chi connectivity index (χ2n) is 5.17. The molecule has 1 fully saturated rings. The average Bonchev–Trinajstić information content (AvgIpc) is 2.38. The number of hydrogen-bond donors (Lipinski definition) is 1. The number of hydrogen-bond acceptors (Lipinski definition) is 2. The van der Waals surface area contributed by atoms with Crippen molar-refractivity contribution in [2.24, 2.45) is 11.8 Å². The van der Waals surface area contributed by atoms with E-state index in [0.717, 1.165) is 33.4 Å². The summed E-state index contributed by atoms with van der Waals surface area (Å²) < 4.78 is 1.82. The molecule has 1 aliphatic carbocycles. The second-order valence-corrected chi connectivity index (χ2v) is 6.94. The van der Waals surface area contributed by atoms with Crippen LogP contribution >= 0.6 is 31.9 Å². The first-order valence-electron chi connectivity index (χ1n) is 6.60. The van der Waals surface area contributed by atoms with Gasteiger partial charge in [0.15, 0.2) is 0 Å². The lowest BCUT2D eigenvalue weighted by Gasteiger charge is -2.31. The largest absolute Gasteiger partial charge is 0.386 e. The van der Waals surface area contributed by atoms with Crippen molar-refractivity contribution in [2.75, 3.05) is 0 Å². The number of halogens is 2. The van der Waals surface area contributed by atoms with Gasteiger partial charge in [-0.15, -0.1) is 0 Å². The summed E-state index contributed by atoms with van der Waals surface area (Å²) in [6.45, 7) is 2.24. The van der Waals surface area contributed by atoms with Crippen molar-refractivity contribution in [3.8, 4) is 0 Å². The standard InChI is InChI=1S/C14H19Br2NO/c1-2-9-4-3-5-10(6-9)14(18)13-12(16)7-11(15)8-17-13/h7-10,14,18H,2-6H2,1H3. The molecular formula is C14H19Br2NO. The van der Waals surface area contributed by atoms with Crippen molar-refractivity contribution < 1.29 is 5.11 Å². The monoisotopic (exact) mass is 375 g/mol. The van der Waals surface area contributed by atoms with Gasteiger partial charge in [-0.2, -0.15) is 0 Å². The third-order valence-corrected chi connectivity index (χ3v) is 5.03. The zero-order valence-corrected chi connectivity index (χ0v) is 13.7. The van der Waals surface area contributed by atoms with E-state index in [2.05, 4.69) is 43.8 Å². The Bertz CT molecular complexity index is 411. The van der Waals surface area contributed by atoms with Crippen LogP contribution in [0.15, 0.2) is 21.2 Å². The van der Waals surface area contributed by atoms with E-state index in [1.54, 1.807) is 6.20 Å². The summed E-state index contributed by atoms with van der Waals surface area (Å²) in [6, 6.07) is 1.95. The smallest absolute Gasteiger partial charge is 0.0999 e. The van der Waals surface area contributed by atoms with E-state index in [-0.39, 0.29) is 0 Å². The molecule has 0 aliphatic heterocycles. The lowest BCUT2D eigenvalue weighted by molar-refractivity contribution is 0.0639. The number of aliphatic hydroxyl groups excluding tert-OH is 1. The first kappa shape index (κ1) is 14.5. The molecule has 3 atom stereocenters. The Morgan fingerprint density at radius 2 is 2.22 bits per heavy atom. The van der Waals surface area contributed by atoms with Gasteiger partial charge in [0.25, 0.3) is 0 Å². The Morgan fingerprint density at radius 3 is 2.89 bits per heavy atom. The summed E-state index contributed by atoms with van der Waals surface area (Å²) in [7, 11) is 0. The maximum atomic E-state index is 10.5. The number of aliphatic hydroxyl groups is 1. The lowest BCUT2D eigenvalue weighted by atomic mass is 9.77. The van der Waals surface area contributed by atoms with Gasteiger partial charge >= 0.3 is 0 Å². The fourth-order valence-electron chi connectivity index (χ4n) is 2.86. The van der Waals surface area contributed by atoms with Gasteiger partial charge < -0.3 is 5.11 Å². The minimum atomic E-state index is -0.443. The molecule has 1 saturated carbocycles. The predicted octanol–water partition coefficient (Wildman–Crippen LogP) is 4.86. The van der Waals surface area contributed by atoms with Gasteiger partial charge in [-0.1, -0.05) is 26.2 Å². The summed E-state index contributed by atoms with van der Waals surface area (Å²) in [5, 5.41) is 10.5. The third-order valence-electron chi connectivity index (χ3n) is 3.96. The van der Waals surface area contributed by atoms with Crippen LogP contribution in [0.1, 0.15) is 50.8 Å². The quantitative estimate of drug-likeness (QED) is 0.817. The molecule has 1 aliphatic rings. The van der Waals surface area contributed by atoms with Gasteiger partial charge in [0, 0.05) is 15.1 Å². The molecule has 0 spiro atoms. The topological polar surface area (TPSA) is 33.1 Å². The van der Waals surface area contributed by atoms with E-state index in [4.69, 9.17) is 0 Å². The zero-order chi connectivity index (χ0) is 13.1. The molecule has 0 amide bonds. The van der Waals surface area contributed by atoms with Crippen LogP contribution in [0.3, 0.4) is 0 Å². The number of pyridine rings is 1. The molecule has 0 saturated heterocycles. The highest BCUT2D eigenvalue weighted by molar-refractivity contribution is 9.11. The van der Waals surface area contributed by atoms with Crippen LogP contribution < -0.4 is 0 Å². The van der Waals surface area contributed by atoms with Crippen molar-refractivity contribution in [2.45, 2.75) is 45.1 Å². The van der Waals surface area contributed by atoms with Crippen molar-refractivity contribution in [3.63, 3.8) is 0 Å². The summed E-state index contributed by atoms with van der Waals surface area (Å²) in [5.74, 6) is 1.13. The van der Waals surface area contributed by atoms with Crippen LogP contribution in [-0.4, -0.2) is 10.1 Å². The molecule has 1 aromatic heterocycles. The molecule has 2 rings (SSSR count). The fraction of sp³-hybridized carbons (Fsp3) is 0.643. The van der Waals surface area contributed by atoms with Gasteiger partial charge in [0.2, 0.25) is 0 Å². The Hall–Kier alpha value is 0.0700. The summed E-state index contributed by atoms with van der Waals surface area (Å²) >= 11 is 6.88. The van der Waals surface area contributed by atoms with Crippen molar-refractivity contribution >= 4 is 31.9 Å². The van der Waals surface area contributed by atoms with Gasteiger partial charge in [-0.05, 0) is 62.6 Å². The first-order valence-corrected chi connectivity index (χ1v) is 8.19. The fourth-order valence-corrected chi connectivity index (χ4v) is 4.08. The van der Waals surface area contributed by atoms with E-state index < -0.39 is 6.10 Å². The molecule has 0 aromatic carbocycles. The molecule has 1 aromatic rings. The Kier molecular flexibility index (Phi) is 5.22. The molecule has 100 valence electrons. The van der Waals surface area contributed by atoms with Gasteiger partial charge in [-0.3, -0.25) is 4.98 Å². The van der Waals surface area contributed by atoms with Crippen LogP contribution in [-0.2, 0) is 0 Å². The van der Waals surface area contributed by atoms with Crippen LogP contribution in [0.5, 0.6) is 0 Å². The molecule has 4 heteroatoms. The summed E-state index contributed by atoms with van der Waals surface area (Å²) in [4.78, 5) is 4.36. The third kappa shape index (κ3) is 3.34. The SMILES string of the molecule is CCC1CCCC(C(O)c2ncc(Br)cc2Br)C1. The van der Waals surface area contributed by atoms with Crippen molar-refractivity contribution in [1.29, 1.82) is 0 Å². The van der Waals surface area contributed by atoms with E-state index in [0.29, 0.717) is 5.92 Å². The van der Waals surface area contributed by atoms with Crippen molar-refractivity contribution in [3.05, 3.63) is 26.9 Å². The molecule has 3 unspecified atom stereocenters. The number of nitrogens with zero attached hydrogens (tertiary/aromatic N) is 1. The zero-order valence-electron chi connectivity index (χ0n) is 10.6. The van der Waals surface area contributed by atoms with Crippen LogP contribution in [0.2, 0.25) is 0 Å². The normalized spacial score (nSPS) is 26.0. The average molecular weight is 377 g/mol. The molecule has 1 heterocycles. The second kappa shape index (κ2) is 6.49. The van der Waals surface area contributed by atoms with Gasteiger partial charge in [0.1, 0.15) is 0 Å². The molecular weight excluding hydrogens is 358 g/mol. The number of rotatable bonds is 3. The van der Waals surface area contributed by atoms with Crippen LogP contribution in [0.4, 0.5) is 0 Å². The molecule has 1 N–H and O–H groups in total. The highest BCUT2D eigenvalue weighted by Crippen LogP contribution is 2.39. The summed E-state index contributed by atoms with van der Waals surface area (Å²) in [6.07, 6.45) is 7.32. The molecule has 0 bridgehead atoms. The van der Waals surface area contributed by atoms with E-state index in [1.807, 2.05) is 6.07 Å². The van der Waals surface area contributed by atoms with E-state index in [9.17, 15) is 5.11 Å². The Labute approximate surface area is 125 Å². The molecule has 0 radical (unpaired) electrons. The van der Waals surface area contributed by atoms with Gasteiger partial charge in [-0.25, -0.2) is 0 Å². The van der Waals surface area contributed by atoms with E-state index >= 15 is 0 Å². The Balaban J connectivity index is 2.12. The van der Waals surface area contributed by atoms with Crippen LogP contribution in [0.25, 0.3) is 0 Å². The maximum Gasteiger partial charge on any atom is 0.0999 e. The number of aromatic nitrogens is 1. The highest BCUT2D eigenvalue weighted by Gasteiger charge is 2.29. The predicted molar refractivity (Wildman–Crippen MR) is 80.3 cm³/mol. The molecule has 2 nitrogen and oxygen atoms in total. The van der Waals surface area contributed by atoms with Crippen molar-refractivity contribution in [1.82, 2.24) is 4.98 Å². The maximum absolute atomic E-state index is 10.5. The van der Waals surface area contributed by atoms with E-state index in [1.165, 1.54) is 19.3 Å². The first-order chi connectivity index (χ1) is 8.61. The summed E-state index contributed by atoms with van der Waals surface area (Å²) in [5.41, 5.74) is 0.778. The molecule has 18 heavy (non-hydrogen) atoms. The minimum absolute atomic E-state index is 0.355.